The van der Waals surface area contributed by atoms with Crippen LogP contribution in [-0.4, -0.2) is 59.1 Å². The van der Waals surface area contributed by atoms with Gasteiger partial charge in [-0.3, -0.25) is 9.36 Å². The van der Waals surface area contributed by atoms with Crippen molar-refractivity contribution in [1.82, 2.24) is 20.2 Å². The zero-order valence-electron chi connectivity index (χ0n) is 22.3. The molecule has 206 valence electrons. The minimum absolute atomic E-state index is 0.0278. The van der Waals surface area contributed by atoms with Crippen LogP contribution < -0.4 is 19.6 Å². The fourth-order valence-electron chi connectivity index (χ4n) is 3.94. The minimum Gasteiger partial charge on any atom is -0.507 e. The second-order valence-corrected chi connectivity index (χ2v) is 9.26. The van der Waals surface area contributed by atoms with E-state index in [1.807, 2.05) is 34.9 Å². The number of benzene rings is 3. The number of nitrogens with one attached hydrogen (secondary N) is 1. The van der Waals surface area contributed by atoms with E-state index < -0.39 is 0 Å². The molecule has 3 aromatic carbocycles. The molecule has 40 heavy (non-hydrogen) atoms. The third-order valence-electron chi connectivity index (χ3n) is 5.81. The number of thioether (sulfide) groups is 1. The van der Waals surface area contributed by atoms with E-state index >= 15 is 0 Å². The Labute approximate surface area is 236 Å². The third-order valence-corrected chi connectivity index (χ3v) is 6.74. The number of nitrogens with zero attached hydrogens (tertiary/aromatic N) is 4. The van der Waals surface area contributed by atoms with Crippen molar-refractivity contribution in [2.24, 2.45) is 5.10 Å². The van der Waals surface area contributed by atoms with E-state index in [-0.39, 0.29) is 17.4 Å². The molecule has 0 radical (unpaired) electrons. The first-order valence-corrected chi connectivity index (χ1v) is 13.2. The van der Waals surface area contributed by atoms with Gasteiger partial charge in [-0.1, -0.05) is 48.2 Å². The van der Waals surface area contributed by atoms with Crippen molar-refractivity contribution < 1.29 is 24.1 Å². The molecule has 0 fully saturated rings. The van der Waals surface area contributed by atoms with Crippen molar-refractivity contribution >= 4 is 23.9 Å². The van der Waals surface area contributed by atoms with Gasteiger partial charge in [0.25, 0.3) is 5.91 Å². The van der Waals surface area contributed by atoms with Crippen LogP contribution in [0.5, 0.6) is 23.0 Å². The van der Waals surface area contributed by atoms with Crippen LogP contribution in [0.15, 0.2) is 83.6 Å². The van der Waals surface area contributed by atoms with E-state index in [1.165, 1.54) is 18.0 Å². The summed E-state index contributed by atoms with van der Waals surface area (Å²) in [6.07, 6.45) is 3.63. The van der Waals surface area contributed by atoms with Crippen molar-refractivity contribution in [2.75, 3.05) is 27.1 Å². The lowest BCUT2D eigenvalue weighted by atomic mass is 10.1. The summed E-state index contributed by atoms with van der Waals surface area (Å²) in [5, 5.41) is 23.7. The molecule has 0 aliphatic carbocycles. The van der Waals surface area contributed by atoms with Crippen LogP contribution in [-0.2, 0) is 11.2 Å². The number of allylic oxidation sites excluding steroid dienone is 1. The van der Waals surface area contributed by atoms with E-state index in [0.29, 0.717) is 45.8 Å². The number of phenols is 1. The Bertz CT molecular complexity index is 1500. The molecule has 0 bridgehead atoms. The Morgan fingerprint density at radius 1 is 1.05 bits per heavy atom. The molecule has 11 heteroatoms. The molecule has 1 aromatic heterocycles. The topological polar surface area (TPSA) is 120 Å². The highest BCUT2D eigenvalue weighted by Crippen LogP contribution is 2.41. The van der Waals surface area contributed by atoms with Crippen LogP contribution in [0, 0.1) is 0 Å². The molecule has 0 aliphatic heterocycles. The molecule has 10 nitrogen and oxygen atoms in total. The van der Waals surface area contributed by atoms with E-state index in [2.05, 4.69) is 27.3 Å². The largest absolute Gasteiger partial charge is 0.507 e. The quantitative estimate of drug-likeness (QED) is 0.112. The summed E-state index contributed by atoms with van der Waals surface area (Å²) >= 11 is 1.21. The maximum absolute atomic E-state index is 12.6. The number of aromatic nitrogens is 3. The van der Waals surface area contributed by atoms with Crippen LogP contribution in [0.25, 0.3) is 17.1 Å². The molecule has 0 saturated heterocycles. The average molecular weight is 560 g/mol. The number of rotatable bonds is 12. The summed E-state index contributed by atoms with van der Waals surface area (Å²) in [6.45, 7) is 3.69. The number of para-hydroxylation sites is 2. The molecule has 0 saturated carbocycles. The van der Waals surface area contributed by atoms with Crippen LogP contribution in [0.2, 0.25) is 0 Å². The summed E-state index contributed by atoms with van der Waals surface area (Å²) in [5.41, 5.74) is 5.21. The number of methoxy groups -OCH3 is 3. The highest BCUT2D eigenvalue weighted by molar-refractivity contribution is 7.99. The van der Waals surface area contributed by atoms with Crippen molar-refractivity contribution in [3.63, 3.8) is 0 Å². The van der Waals surface area contributed by atoms with Crippen LogP contribution in [0.4, 0.5) is 0 Å². The van der Waals surface area contributed by atoms with Gasteiger partial charge in [-0.15, -0.1) is 16.8 Å². The minimum atomic E-state index is -0.347. The number of hydrogen-bond acceptors (Lipinski definition) is 9. The van der Waals surface area contributed by atoms with Gasteiger partial charge < -0.3 is 19.3 Å². The molecule has 0 atom stereocenters. The van der Waals surface area contributed by atoms with Gasteiger partial charge in [0, 0.05) is 16.8 Å². The van der Waals surface area contributed by atoms with Crippen LogP contribution in [0.3, 0.4) is 0 Å². The first kappa shape index (κ1) is 28.2. The van der Waals surface area contributed by atoms with E-state index in [0.717, 1.165) is 11.3 Å². The average Bonchev–Trinajstić information content (AvgIpc) is 3.41. The van der Waals surface area contributed by atoms with Gasteiger partial charge in [0.05, 0.1) is 33.3 Å². The Balaban J connectivity index is 1.56. The van der Waals surface area contributed by atoms with Gasteiger partial charge in [-0.05, 0) is 42.3 Å². The normalized spacial score (nSPS) is 10.9. The van der Waals surface area contributed by atoms with Gasteiger partial charge in [0.2, 0.25) is 5.75 Å². The van der Waals surface area contributed by atoms with Crippen molar-refractivity contribution in [3.05, 3.63) is 84.4 Å². The van der Waals surface area contributed by atoms with Gasteiger partial charge >= 0.3 is 0 Å². The molecule has 4 aromatic rings. The predicted molar refractivity (Wildman–Crippen MR) is 155 cm³/mol. The lowest BCUT2D eigenvalue weighted by molar-refractivity contribution is -0.118. The van der Waals surface area contributed by atoms with E-state index in [9.17, 15) is 9.90 Å². The van der Waals surface area contributed by atoms with Crippen molar-refractivity contribution in [1.29, 1.82) is 0 Å². The zero-order valence-corrected chi connectivity index (χ0v) is 23.1. The van der Waals surface area contributed by atoms with Crippen LogP contribution >= 0.6 is 11.8 Å². The maximum Gasteiger partial charge on any atom is 0.250 e. The summed E-state index contributed by atoms with van der Waals surface area (Å²) in [6, 6.07) is 18.5. The van der Waals surface area contributed by atoms with Crippen molar-refractivity contribution in [2.45, 2.75) is 11.6 Å². The first-order chi connectivity index (χ1) is 19.5. The maximum atomic E-state index is 12.6. The summed E-state index contributed by atoms with van der Waals surface area (Å²) in [7, 11) is 4.63. The van der Waals surface area contributed by atoms with Gasteiger partial charge in [-0.25, -0.2) is 5.43 Å². The lowest BCUT2D eigenvalue weighted by Gasteiger charge is -2.15. The molecule has 0 spiro atoms. The molecule has 0 aliphatic rings. The number of aromatic hydroxyl groups is 1. The van der Waals surface area contributed by atoms with Gasteiger partial charge in [-0.2, -0.15) is 5.10 Å². The molecule has 1 amide bonds. The highest BCUT2D eigenvalue weighted by Gasteiger charge is 2.21. The number of carbonyl (C=O) groups is 1. The number of hydrogen-bond donors (Lipinski definition) is 2. The first-order valence-electron chi connectivity index (χ1n) is 12.2. The standard InChI is InChI=1S/C29H29N5O5S/c1-5-10-19-11-9-12-20(26(19)36)17-30-31-25(35)18-40-29-33-32-28(34(29)22-13-7-6-8-14-22)21-15-23(37-2)27(39-4)24(16-21)38-3/h5-9,11-17,36H,1,10,18H2,2-4H3,(H,31,35)/b30-17-. The summed E-state index contributed by atoms with van der Waals surface area (Å²) in [4.78, 5) is 12.6. The molecule has 4 rings (SSSR count). The smallest absolute Gasteiger partial charge is 0.250 e. The number of hydrazone groups is 1. The van der Waals surface area contributed by atoms with Crippen molar-refractivity contribution in [3.8, 4) is 40.1 Å². The molecule has 1 heterocycles. The van der Waals surface area contributed by atoms with Gasteiger partial charge in [0.1, 0.15) is 5.75 Å². The number of amides is 1. The second-order valence-electron chi connectivity index (χ2n) is 8.32. The third kappa shape index (κ3) is 6.26. The molecular formula is C29H29N5O5S. The molecule has 0 unspecified atom stereocenters. The number of ether oxygens (including phenoxy) is 3. The lowest BCUT2D eigenvalue weighted by Crippen LogP contribution is -2.20. The summed E-state index contributed by atoms with van der Waals surface area (Å²) < 4.78 is 18.3. The Hall–Kier alpha value is -4.77. The highest BCUT2D eigenvalue weighted by atomic mass is 32.2. The fraction of sp³-hybridized carbons (Fsp3) is 0.172. The monoisotopic (exact) mass is 559 g/mol. The Morgan fingerprint density at radius 2 is 1.77 bits per heavy atom. The SMILES string of the molecule is C=CCc1cccc(/C=N\NC(=O)CSc2nnc(-c3cc(OC)c(OC)c(OC)c3)n2-c2ccccc2)c1O. The van der Waals surface area contributed by atoms with Crippen LogP contribution in [0.1, 0.15) is 11.1 Å². The van der Waals surface area contributed by atoms with E-state index in [4.69, 9.17) is 14.2 Å². The molecular weight excluding hydrogens is 530 g/mol. The number of phenolic OH excluding ortho intramolecular Hbond substituents is 1. The Kier molecular flexibility index (Phi) is 9.42. The van der Waals surface area contributed by atoms with E-state index in [1.54, 1.807) is 57.7 Å². The zero-order chi connectivity index (χ0) is 28.5. The van der Waals surface area contributed by atoms with Gasteiger partial charge in [0.15, 0.2) is 22.5 Å². The summed E-state index contributed by atoms with van der Waals surface area (Å²) in [5.74, 6) is 1.73. The fourth-order valence-corrected chi connectivity index (χ4v) is 4.69. The predicted octanol–water partition coefficient (Wildman–Crippen LogP) is 4.64. The Morgan fingerprint density at radius 3 is 2.42 bits per heavy atom. The molecule has 2 N–H and O–H groups in total. The second kappa shape index (κ2) is 13.3. The number of carbonyl (C=O) groups excluding carboxylic acids is 1.